The van der Waals surface area contributed by atoms with Gasteiger partial charge in [0.2, 0.25) is 5.82 Å². The fourth-order valence-electron chi connectivity index (χ4n) is 2.49. The van der Waals surface area contributed by atoms with Crippen molar-refractivity contribution in [1.29, 1.82) is 0 Å². The van der Waals surface area contributed by atoms with Crippen LogP contribution in [0.25, 0.3) is 0 Å². The first-order valence-corrected chi connectivity index (χ1v) is 11.0. The number of nitrogens with one attached hydrogen (secondary N) is 2. The van der Waals surface area contributed by atoms with E-state index in [1.807, 2.05) is 0 Å². The highest BCUT2D eigenvalue weighted by Crippen LogP contribution is 2.28. The average Bonchev–Trinajstić information content (AvgIpc) is 2.69. The van der Waals surface area contributed by atoms with Crippen molar-refractivity contribution in [3.63, 3.8) is 0 Å². The standard InChI is InChI=1S/C19H20F4N4O4S/c1-11(7-8-32(3,29)30)26-17(28)13-10-25-18(19(21,22)23)27-16(13)24-9-12-14(20)5-4-6-15(12)31-2/h4-8,10-11H,9H2,1-3H3,(H,26,28)(H,24,25,27)/b8-7+/t11-/m0/s1. The molecule has 0 aliphatic heterocycles. The molecule has 0 unspecified atom stereocenters. The molecular formula is C19H20F4N4O4S. The average molecular weight is 476 g/mol. The van der Waals surface area contributed by atoms with Crippen LogP contribution in [0.1, 0.15) is 28.7 Å². The van der Waals surface area contributed by atoms with E-state index < -0.39 is 45.4 Å². The van der Waals surface area contributed by atoms with E-state index in [4.69, 9.17) is 4.74 Å². The smallest absolute Gasteiger partial charge is 0.451 e. The number of hydrogen-bond acceptors (Lipinski definition) is 7. The lowest BCUT2D eigenvalue weighted by Gasteiger charge is -2.16. The van der Waals surface area contributed by atoms with E-state index in [-0.39, 0.29) is 23.4 Å². The van der Waals surface area contributed by atoms with Crippen LogP contribution in [-0.4, -0.2) is 43.7 Å². The van der Waals surface area contributed by atoms with Crippen LogP contribution in [0.3, 0.4) is 0 Å². The Morgan fingerprint density at radius 1 is 1.31 bits per heavy atom. The van der Waals surface area contributed by atoms with Gasteiger partial charge in [0.05, 0.1) is 7.11 Å². The SMILES string of the molecule is COc1cccc(F)c1CNc1nc(C(F)(F)F)ncc1C(=O)N[C@@H](C)/C=C/S(C)(=O)=O. The number of aromatic nitrogens is 2. The van der Waals surface area contributed by atoms with Gasteiger partial charge in [0, 0.05) is 36.0 Å². The predicted octanol–water partition coefficient (Wildman–Crippen LogP) is 2.93. The number of rotatable bonds is 8. The molecule has 1 atom stereocenters. The van der Waals surface area contributed by atoms with Crippen molar-refractivity contribution in [1.82, 2.24) is 15.3 Å². The molecule has 2 rings (SSSR count). The summed E-state index contributed by atoms with van der Waals surface area (Å²) in [5, 5.41) is 5.81. The lowest BCUT2D eigenvalue weighted by Crippen LogP contribution is -2.32. The molecular weight excluding hydrogens is 456 g/mol. The quantitative estimate of drug-likeness (QED) is 0.564. The van der Waals surface area contributed by atoms with Crippen LogP contribution in [0.15, 0.2) is 35.9 Å². The third kappa shape index (κ3) is 6.90. The fourth-order valence-corrected chi connectivity index (χ4v) is 3.01. The van der Waals surface area contributed by atoms with Gasteiger partial charge in [-0.2, -0.15) is 13.2 Å². The highest BCUT2D eigenvalue weighted by Gasteiger charge is 2.35. The maximum atomic E-state index is 14.2. The molecule has 0 saturated heterocycles. The number of amides is 1. The van der Waals surface area contributed by atoms with E-state index in [1.54, 1.807) is 0 Å². The summed E-state index contributed by atoms with van der Waals surface area (Å²) in [4.78, 5) is 19.1. The van der Waals surface area contributed by atoms with E-state index in [1.165, 1.54) is 32.2 Å². The molecule has 13 heteroatoms. The second-order valence-electron chi connectivity index (χ2n) is 6.65. The number of halogens is 4. The number of ether oxygens (including phenoxy) is 1. The lowest BCUT2D eigenvalue weighted by atomic mass is 10.1. The van der Waals surface area contributed by atoms with Crippen molar-refractivity contribution in [2.75, 3.05) is 18.7 Å². The number of methoxy groups -OCH3 is 1. The summed E-state index contributed by atoms with van der Waals surface area (Å²) in [6, 6.07) is 3.22. The van der Waals surface area contributed by atoms with Gasteiger partial charge in [0.1, 0.15) is 22.9 Å². The number of sulfone groups is 1. The Bertz CT molecular complexity index is 1120. The van der Waals surface area contributed by atoms with Gasteiger partial charge in [-0.1, -0.05) is 12.1 Å². The molecule has 32 heavy (non-hydrogen) atoms. The van der Waals surface area contributed by atoms with Crippen LogP contribution in [0, 0.1) is 5.82 Å². The molecule has 1 aromatic carbocycles. The predicted molar refractivity (Wildman–Crippen MR) is 108 cm³/mol. The number of benzene rings is 1. The molecule has 1 aromatic heterocycles. The van der Waals surface area contributed by atoms with Gasteiger partial charge in [-0.15, -0.1) is 0 Å². The molecule has 1 amide bonds. The summed E-state index contributed by atoms with van der Waals surface area (Å²) in [5.74, 6) is -3.38. The van der Waals surface area contributed by atoms with Crippen molar-refractivity contribution in [3.05, 3.63) is 58.6 Å². The monoisotopic (exact) mass is 476 g/mol. The molecule has 0 aliphatic rings. The van der Waals surface area contributed by atoms with Crippen LogP contribution in [0.4, 0.5) is 23.4 Å². The molecule has 0 aliphatic carbocycles. The molecule has 0 saturated carbocycles. The Morgan fingerprint density at radius 3 is 2.59 bits per heavy atom. The topological polar surface area (TPSA) is 110 Å². The van der Waals surface area contributed by atoms with Gasteiger partial charge in [0.25, 0.3) is 5.91 Å². The summed E-state index contributed by atoms with van der Waals surface area (Å²) in [5.41, 5.74) is -0.342. The minimum absolute atomic E-state index is 0.0120. The minimum Gasteiger partial charge on any atom is -0.496 e. The fraction of sp³-hybridized carbons (Fsp3) is 0.316. The number of carbonyl (C=O) groups is 1. The van der Waals surface area contributed by atoms with Crippen molar-refractivity contribution in [3.8, 4) is 5.75 Å². The van der Waals surface area contributed by atoms with Crippen LogP contribution in [-0.2, 0) is 22.6 Å². The lowest BCUT2D eigenvalue weighted by molar-refractivity contribution is -0.144. The molecule has 174 valence electrons. The number of nitrogens with zero attached hydrogens (tertiary/aromatic N) is 2. The number of alkyl halides is 3. The largest absolute Gasteiger partial charge is 0.496 e. The third-order valence-corrected chi connectivity index (χ3v) is 4.64. The maximum absolute atomic E-state index is 14.2. The van der Waals surface area contributed by atoms with Crippen molar-refractivity contribution >= 4 is 21.6 Å². The summed E-state index contributed by atoms with van der Waals surface area (Å²) in [6.07, 6.45) is -2.05. The summed E-state index contributed by atoms with van der Waals surface area (Å²) in [6.45, 7) is 1.12. The van der Waals surface area contributed by atoms with Crippen molar-refractivity contribution in [2.45, 2.75) is 25.7 Å². The normalized spacial score (nSPS) is 13.1. The molecule has 0 spiro atoms. The second kappa shape index (κ2) is 9.94. The Labute approximate surface area is 181 Å². The second-order valence-corrected chi connectivity index (χ2v) is 8.58. The summed E-state index contributed by atoms with van der Waals surface area (Å²) < 4.78 is 80.8. The zero-order valence-corrected chi connectivity index (χ0v) is 18.0. The summed E-state index contributed by atoms with van der Waals surface area (Å²) >= 11 is 0. The zero-order valence-electron chi connectivity index (χ0n) is 17.2. The van der Waals surface area contributed by atoms with Crippen LogP contribution in [0.5, 0.6) is 5.75 Å². The first-order valence-electron chi connectivity index (χ1n) is 9.00. The highest BCUT2D eigenvalue weighted by atomic mass is 32.2. The third-order valence-electron chi connectivity index (χ3n) is 3.99. The van der Waals surface area contributed by atoms with Crippen LogP contribution >= 0.6 is 0 Å². The maximum Gasteiger partial charge on any atom is 0.451 e. The number of carbonyl (C=O) groups excluding carboxylic acids is 1. The molecule has 1 heterocycles. The Kier molecular flexibility index (Phi) is 7.78. The number of anilines is 1. The zero-order chi connectivity index (χ0) is 24.1. The Hall–Kier alpha value is -3.22. The van der Waals surface area contributed by atoms with Crippen molar-refractivity contribution in [2.24, 2.45) is 0 Å². The minimum atomic E-state index is -4.88. The van der Waals surface area contributed by atoms with Gasteiger partial charge in [-0.3, -0.25) is 4.79 Å². The van der Waals surface area contributed by atoms with Gasteiger partial charge >= 0.3 is 6.18 Å². The molecule has 8 nitrogen and oxygen atoms in total. The van der Waals surface area contributed by atoms with E-state index >= 15 is 0 Å². The summed E-state index contributed by atoms with van der Waals surface area (Å²) in [7, 11) is -2.14. The van der Waals surface area contributed by atoms with E-state index in [0.29, 0.717) is 6.20 Å². The first kappa shape index (κ1) is 25.0. The van der Waals surface area contributed by atoms with Crippen LogP contribution in [0.2, 0.25) is 0 Å². The van der Waals surface area contributed by atoms with E-state index in [2.05, 4.69) is 20.6 Å². The molecule has 2 N–H and O–H groups in total. The van der Waals surface area contributed by atoms with Gasteiger partial charge in [-0.25, -0.2) is 22.8 Å². The van der Waals surface area contributed by atoms with E-state index in [9.17, 15) is 30.8 Å². The van der Waals surface area contributed by atoms with Gasteiger partial charge in [0.15, 0.2) is 9.84 Å². The van der Waals surface area contributed by atoms with E-state index in [0.717, 1.165) is 17.7 Å². The molecule has 0 fully saturated rings. The molecule has 2 aromatic rings. The van der Waals surface area contributed by atoms with Crippen LogP contribution < -0.4 is 15.4 Å². The molecule has 0 radical (unpaired) electrons. The van der Waals surface area contributed by atoms with Gasteiger partial charge in [-0.05, 0) is 19.1 Å². The Morgan fingerprint density at radius 2 is 2.00 bits per heavy atom. The van der Waals surface area contributed by atoms with Gasteiger partial charge < -0.3 is 15.4 Å². The highest BCUT2D eigenvalue weighted by molar-refractivity contribution is 7.93. The molecule has 0 bridgehead atoms. The number of hydrogen-bond donors (Lipinski definition) is 2. The van der Waals surface area contributed by atoms with Crippen molar-refractivity contribution < 1.29 is 35.5 Å². The Balaban J connectivity index is 2.35. The first-order chi connectivity index (χ1) is 14.8.